The smallest absolute Gasteiger partial charge is 0.306 e. The van der Waals surface area contributed by atoms with E-state index in [-0.39, 0.29) is 17.8 Å². The third kappa shape index (κ3) is 1.63. The summed E-state index contributed by atoms with van der Waals surface area (Å²) >= 11 is 0. The molecule has 0 spiro atoms. The highest BCUT2D eigenvalue weighted by Crippen LogP contribution is 2.56. The summed E-state index contributed by atoms with van der Waals surface area (Å²) in [5.74, 6) is 2.09. The molecule has 0 aromatic rings. The molecule has 92 valence electrons. The van der Waals surface area contributed by atoms with Gasteiger partial charge in [0.2, 0.25) is 0 Å². The van der Waals surface area contributed by atoms with Crippen LogP contribution in [0.15, 0.2) is 12.2 Å². The maximum absolute atomic E-state index is 12.0. The second-order valence-corrected chi connectivity index (χ2v) is 5.49. The number of carbonyl (C=O) groups excluding carboxylic acids is 2. The van der Waals surface area contributed by atoms with Gasteiger partial charge in [0.25, 0.3) is 0 Å². The predicted molar refractivity (Wildman–Crippen MR) is 62.1 cm³/mol. The highest BCUT2D eigenvalue weighted by molar-refractivity contribution is 5.86. The number of ether oxygens (including phenoxy) is 1. The fraction of sp³-hybridized carbons (Fsp3) is 0.714. The Morgan fingerprint density at radius 2 is 2.18 bits per heavy atom. The molecule has 0 amide bonds. The lowest BCUT2D eigenvalue weighted by Crippen LogP contribution is -2.23. The SMILES string of the molecule is CCOC(=O)C[C@@H]1CC(=O)[C@@H]2[C@H]1[C@@H]1C=C[C@H]2C1. The Morgan fingerprint density at radius 1 is 1.41 bits per heavy atom. The molecule has 3 rings (SSSR count). The molecule has 0 aromatic carbocycles. The molecule has 0 N–H and O–H groups in total. The van der Waals surface area contributed by atoms with Gasteiger partial charge in [-0.05, 0) is 37.0 Å². The van der Waals surface area contributed by atoms with Crippen LogP contribution >= 0.6 is 0 Å². The lowest BCUT2D eigenvalue weighted by atomic mass is 9.80. The molecule has 2 saturated carbocycles. The summed E-state index contributed by atoms with van der Waals surface area (Å²) in [6, 6.07) is 0. The second-order valence-electron chi connectivity index (χ2n) is 5.49. The summed E-state index contributed by atoms with van der Waals surface area (Å²) in [5.41, 5.74) is 0. The average molecular weight is 234 g/mol. The van der Waals surface area contributed by atoms with Crippen molar-refractivity contribution in [2.24, 2.45) is 29.6 Å². The van der Waals surface area contributed by atoms with Crippen LogP contribution in [0.5, 0.6) is 0 Å². The van der Waals surface area contributed by atoms with E-state index in [2.05, 4.69) is 12.2 Å². The molecule has 0 radical (unpaired) electrons. The van der Waals surface area contributed by atoms with Crippen LogP contribution in [0.2, 0.25) is 0 Å². The Bertz CT molecular complexity index is 385. The third-order valence-corrected chi connectivity index (χ3v) is 4.63. The van der Waals surface area contributed by atoms with Gasteiger partial charge in [0.05, 0.1) is 6.61 Å². The normalized spacial score (nSPS) is 41.9. The van der Waals surface area contributed by atoms with Crippen molar-refractivity contribution in [2.75, 3.05) is 6.61 Å². The van der Waals surface area contributed by atoms with Crippen LogP contribution in [0.25, 0.3) is 0 Å². The average Bonchev–Trinajstić information content (AvgIpc) is 2.93. The molecule has 5 atom stereocenters. The molecule has 17 heavy (non-hydrogen) atoms. The van der Waals surface area contributed by atoms with Gasteiger partial charge in [-0.1, -0.05) is 12.2 Å². The second kappa shape index (κ2) is 3.97. The van der Waals surface area contributed by atoms with Crippen LogP contribution in [0.3, 0.4) is 0 Å². The monoisotopic (exact) mass is 234 g/mol. The summed E-state index contributed by atoms with van der Waals surface area (Å²) in [5, 5.41) is 0. The summed E-state index contributed by atoms with van der Waals surface area (Å²) in [6.07, 6.45) is 6.60. The van der Waals surface area contributed by atoms with Crippen LogP contribution in [-0.2, 0) is 14.3 Å². The maximum Gasteiger partial charge on any atom is 0.306 e. The number of rotatable bonds is 3. The molecule has 3 aliphatic rings. The van der Waals surface area contributed by atoms with E-state index in [4.69, 9.17) is 4.74 Å². The first-order chi connectivity index (χ1) is 8.20. The van der Waals surface area contributed by atoms with E-state index in [1.165, 1.54) is 0 Å². The molecule has 0 heterocycles. The fourth-order valence-electron chi connectivity index (χ4n) is 4.13. The summed E-state index contributed by atoms with van der Waals surface area (Å²) in [6.45, 7) is 2.25. The van der Waals surface area contributed by atoms with Crippen molar-refractivity contribution in [2.45, 2.75) is 26.2 Å². The van der Waals surface area contributed by atoms with Crippen molar-refractivity contribution in [3.05, 3.63) is 12.2 Å². The van der Waals surface area contributed by atoms with Crippen molar-refractivity contribution in [1.29, 1.82) is 0 Å². The first-order valence-corrected chi connectivity index (χ1v) is 6.57. The first-order valence-electron chi connectivity index (χ1n) is 6.57. The molecule has 0 saturated heterocycles. The predicted octanol–water partition coefficient (Wildman–Crippen LogP) is 1.97. The Balaban J connectivity index is 1.73. The number of hydrogen-bond acceptors (Lipinski definition) is 3. The maximum atomic E-state index is 12.0. The van der Waals surface area contributed by atoms with Gasteiger partial charge in [-0.2, -0.15) is 0 Å². The standard InChI is InChI=1S/C14H18O3/c1-2-17-12(16)7-10-6-11(15)14-9-4-3-8(5-9)13(10)14/h3-4,8-10,13-14H,2,5-7H2,1H3/t8-,9+,10+,13+,14-/m1/s1. The van der Waals surface area contributed by atoms with Gasteiger partial charge < -0.3 is 4.74 Å². The quantitative estimate of drug-likeness (QED) is 0.554. The highest BCUT2D eigenvalue weighted by atomic mass is 16.5. The highest BCUT2D eigenvalue weighted by Gasteiger charge is 2.55. The summed E-state index contributed by atoms with van der Waals surface area (Å²) in [4.78, 5) is 23.6. The molecule has 0 unspecified atom stereocenters. The van der Waals surface area contributed by atoms with Gasteiger partial charge in [-0.25, -0.2) is 0 Å². The number of fused-ring (bicyclic) bond motifs is 5. The van der Waals surface area contributed by atoms with Crippen LogP contribution in [0.1, 0.15) is 26.2 Å². The molecule has 2 fully saturated rings. The Morgan fingerprint density at radius 3 is 2.94 bits per heavy atom. The van der Waals surface area contributed by atoms with E-state index in [0.29, 0.717) is 43.0 Å². The fourth-order valence-corrected chi connectivity index (χ4v) is 4.13. The lowest BCUT2D eigenvalue weighted by molar-refractivity contribution is -0.144. The minimum absolute atomic E-state index is 0.141. The van der Waals surface area contributed by atoms with Crippen molar-refractivity contribution < 1.29 is 14.3 Å². The van der Waals surface area contributed by atoms with Crippen LogP contribution in [-0.4, -0.2) is 18.4 Å². The minimum Gasteiger partial charge on any atom is -0.466 e. The minimum atomic E-state index is -0.141. The van der Waals surface area contributed by atoms with Crippen LogP contribution in [0, 0.1) is 29.6 Å². The van der Waals surface area contributed by atoms with Crippen molar-refractivity contribution in [3.8, 4) is 0 Å². The van der Waals surface area contributed by atoms with Gasteiger partial charge in [-0.15, -0.1) is 0 Å². The Labute approximate surface area is 101 Å². The molecular formula is C14H18O3. The number of Topliss-reactive ketones (excluding diaryl/α,β-unsaturated/α-hetero) is 1. The lowest BCUT2D eigenvalue weighted by Gasteiger charge is -2.24. The zero-order chi connectivity index (χ0) is 12.0. The van der Waals surface area contributed by atoms with E-state index < -0.39 is 0 Å². The number of ketones is 1. The third-order valence-electron chi connectivity index (χ3n) is 4.63. The number of allylic oxidation sites excluding steroid dienone is 2. The van der Waals surface area contributed by atoms with Gasteiger partial charge in [0.15, 0.2) is 0 Å². The molecule has 0 aliphatic heterocycles. The molecule has 2 bridgehead atoms. The first kappa shape index (κ1) is 11.0. The molecule has 3 nitrogen and oxygen atoms in total. The van der Waals surface area contributed by atoms with Crippen molar-refractivity contribution in [3.63, 3.8) is 0 Å². The molecule has 3 aliphatic carbocycles. The molecular weight excluding hydrogens is 216 g/mol. The Kier molecular flexibility index (Phi) is 2.57. The van der Waals surface area contributed by atoms with E-state index >= 15 is 0 Å². The van der Waals surface area contributed by atoms with Crippen molar-refractivity contribution >= 4 is 11.8 Å². The van der Waals surface area contributed by atoms with Crippen LogP contribution < -0.4 is 0 Å². The zero-order valence-electron chi connectivity index (χ0n) is 10.1. The van der Waals surface area contributed by atoms with Gasteiger partial charge >= 0.3 is 5.97 Å². The van der Waals surface area contributed by atoms with Gasteiger partial charge in [0.1, 0.15) is 5.78 Å². The number of carbonyl (C=O) groups is 2. The summed E-state index contributed by atoms with van der Waals surface area (Å²) in [7, 11) is 0. The Hall–Kier alpha value is -1.12. The summed E-state index contributed by atoms with van der Waals surface area (Å²) < 4.78 is 5.00. The van der Waals surface area contributed by atoms with Crippen LogP contribution in [0.4, 0.5) is 0 Å². The van der Waals surface area contributed by atoms with Crippen molar-refractivity contribution in [1.82, 2.24) is 0 Å². The molecule has 3 heteroatoms. The largest absolute Gasteiger partial charge is 0.466 e. The van der Waals surface area contributed by atoms with E-state index in [9.17, 15) is 9.59 Å². The van der Waals surface area contributed by atoms with E-state index in [1.54, 1.807) is 0 Å². The topological polar surface area (TPSA) is 43.4 Å². The van der Waals surface area contributed by atoms with E-state index in [0.717, 1.165) is 6.42 Å². The number of esters is 1. The van der Waals surface area contributed by atoms with Gasteiger partial charge in [0, 0.05) is 18.8 Å². The van der Waals surface area contributed by atoms with Gasteiger partial charge in [-0.3, -0.25) is 9.59 Å². The zero-order valence-corrected chi connectivity index (χ0v) is 10.1. The number of hydrogen-bond donors (Lipinski definition) is 0. The van der Waals surface area contributed by atoms with E-state index in [1.807, 2.05) is 6.92 Å². The molecule has 0 aromatic heterocycles.